The van der Waals surface area contributed by atoms with Crippen LogP contribution in [0.5, 0.6) is 0 Å². The second-order valence-electron chi connectivity index (χ2n) is 2.91. The van der Waals surface area contributed by atoms with Gasteiger partial charge in [0, 0.05) is 11.5 Å². The lowest BCUT2D eigenvalue weighted by Gasteiger charge is -2.27. The molecule has 3 N–H and O–H groups in total. The average Bonchev–Trinajstić information content (AvgIpc) is 2.15. The zero-order valence-electron chi connectivity index (χ0n) is 8.71. The first-order chi connectivity index (χ1) is 6.95. The van der Waals surface area contributed by atoms with E-state index in [0.717, 1.165) is 11.9 Å². The van der Waals surface area contributed by atoms with Crippen LogP contribution in [-0.2, 0) is 9.59 Å². The van der Waals surface area contributed by atoms with Gasteiger partial charge in [-0.2, -0.15) is 12.6 Å². The predicted octanol–water partition coefficient (Wildman–Crippen LogP) is 0.213. The second kappa shape index (κ2) is 6.97. The summed E-state index contributed by atoms with van der Waals surface area (Å²) in [7, 11) is 0. The highest BCUT2D eigenvalue weighted by molar-refractivity contribution is 7.97. The zero-order valence-corrected chi connectivity index (χ0v) is 10.4. The quantitative estimate of drug-likeness (QED) is 0.465. The van der Waals surface area contributed by atoms with E-state index in [1.54, 1.807) is 0 Å². The molecule has 1 amide bonds. The molecule has 0 bridgehead atoms. The summed E-state index contributed by atoms with van der Waals surface area (Å²) in [6.45, 7) is 3.37. The lowest BCUT2D eigenvalue weighted by atomic mass is 10.3. The van der Waals surface area contributed by atoms with Gasteiger partial charge >= 0.3 is 5.97 Å². The molecule has 0 fully saturated rings. The van der Waals surface area contributed by atoms with Crippen molar-refractivity contribution in [1.82, 2.24) is 4.31 Å². The number of amides is 1. The smallest absolute Gasteiger partial charge is 0.328 e. The third-order valence-electron chi connectivity index (χ3n) is 1.62. The van der Waals surface area contributed by atoms with E-state index in [4.69, 9.17) is 10.8 Å². The van der Waals surface area contributed by atoms with Gasteiger partial charge in [0.25, 0.3) is 0 Å². The Morgan fingerprint density at radius 1 is 1.60 bits per heavy atom. The molecular weight excluding hydrogens is 236 g/mol. The van der Waals surface area contributed by atoms with E-state index in [9.17, 15) is 9.59 Å². The summed E-state index contributed by atoms with van der Waals surface area (Å²) in [6, 6.07) is -1.64. The van der Waals surface area contributed by atoms with E-state index in [2.05, 4.69) is 12.6 Å². The van der Waals surface area contributed by atoms with Crippen LogP contribution in [0.25, 0.3) is 0 Å². The van der Waals surface area contributed by atoms with Gasteiger partial charge in [0.2, 0.25) is 5.91 Å². The molecule has 2 atom stereocenters. The van der Waals surface area contributed by atoms with Crippen molar-refractivity contribution in [1.29, 1.82) is 0 Å². The van der Waals surface area contributed by atoms with E-state index in [0.29, 0.717) is 5.75 Å². The monoisotopic (exact) mass is 252 g/mol. The maximum Gasteiger partial charge on any atom is 0.328 e. The van der Waals surface area contributed by atoms with Gasteiger partial charge in [-0.15, -0.1) is 0 Å². The summed E-state index contributed by atoms with van der Waals surface area (Å²) in [5.74, 6) is -0.778. The Labute approximate surface area is 98.9 Å². The molecule has 0 saturated carbocycles. The van der Waals surface area contributed by atoms with Crippen molar-refractivity contribution < 1.29 is 14.7 Å². The number of carboxylic acids is 1. The fourth-order valence-corrected chi connectivity index (χ4v) is 2.25. The van der Waals surface area contributed by atoms with Crippen LogP contribution in [0.1, 0.15) is 13.8 Å². The third-order valence-corrected chi connectivity index (χ3v) is 2.93. The molecule has 0 rings (SSSR count). The molecule has 0 spiro atoms. The van der Waals surface area contributed by atoms with Crippen LogP contribution < -0.4 is 5.73 Å². The fourth-order valence-electron chi connectivity index (χ4n) is 0.900. The molecule has 0 aromatic heterocycles. The van der Waals surface area contributed by atoms with Crippen LogP contribution >= 0.6 is 24.6 Å². The van der Waals surface area contributed by atoms with Gasteiger partial charge in [-0.05, 0) is 18.9 Å². The maximum absolute atomic E-state index is 11.6. The van der Waals surface area contributed by atoms with Crippen LogP contribution in [0.3, 0.4) is 0 Å². The molecular formula is C8H16N2O3S2. The number of hydrogen-bond donors (Lipinski definition) is 3. The number of carbonyl (C=O) groups excluding carboxylic acids is 1. The number of carbonyl (C=O) groups is 2. The first-order valence-corrected chi connectivity index (χ1v) is 6.08. The Hall–Kier alpha value is -0.400. The molecule has 0 aromatic carbocycles. The highest BCUT2D eigenvalue weighted by atomic mass is 32.2. The van der Waals surface area contributed by atoms with E-state index in [1.165, 1.54) is 11.2 Å². The van der Waals surface area contributed by atoms with E-state index in [1.807, 2.05) is 6.92 Å². The van der Waals surface area contributed by atoms with Gasteiger partial charge in [-0.25, -0.2) is 4.79 Å². The molecule has 5 nitrogen and oxygen atoms in total. The molecule has 0 saturated heterocycles. The summed E-state index contributed by atoms with van der Waals surface area (Å²) in [5, 5.41) is 8.90. The molecule has 1 unspecified atom stereocenters. The fraction of sp³-hybridized carbons (Fsp3) is 0.750. The Bertz CT molecular complexity index is 236. The molecule has 7 heteroatoms. The molecule has 0 radical (unpaired) electrons. The maximum atomic E-state index is 11.6. The van der Waals surface area contributed by atoms with Crippen molar-refractivity contribution in [2.75, 3.05) is 11.5 Å². The van der Waals surface area contributed by atoms with Gasteiger partial charge in [0.05, 0.1) is 6.04 Å². The minimum absolute atomic E-state index is 0.0702. The van der Waals surface area contributed by atoms with Crippen molar-refractivity contribution in [2.45, 2.75) is 25.9 Å². The van der Waals surface area contributed by atoms with Gasteiger partial charge < -0.3 is 10.8 Å². The number of carboxylic acid groups (broad SMARTS) is 1. The molecule has 0 aromatic rings. The summed E-state index contributed by atoms with van der Waals surface area (Å²) < 4.78 is 1.19. The molecule has 0 aliphatic carbocycles. The standard InChI is InChI=1S/C8H16N2O3S2/c1-3-15-10(7(11)5(2)9)6(4-14)8(12)13/h5-6,14H,3-4,9H2,1-2H3,(H,12,13)/t5?,6-/m0/s1. The normalized spacial score (nSPS) is 14.4. The van der Waals surface area contributed by atoms with E-state index >= 15 is 0 Å². The van der Waals surface area contributed by atoms with Crippen LogP contribution in [0.4, 0.5) is 0 Å². The largest absolute Gasteiger partial charge is 0.480 e. The van der Waals surface area contributed by atoms with Gasteiger partial charge in [0.15, 0.2) is 0 Å². The average molecular weight is 252 g/mol. The second-order valence-corrected chi connectivity index (χ2v) is 4.50. The topological polar surface area (TPSA) is 83.6 Å². The van der Waals surface area contributed by atoms with Crippen LogP contribution in [0, 0.1) is 0 Å². The number of hydrogen-bond acceptors (Lipinski definition) is 5. The Morgan fingerprint density at radius 2 is 2.13 bits per heavy atom. The molecule has 0 heterocycles. The zero-order chi connectivity index (χ0) is 12.0. The lowest BCUT2D eigenvalue weighted by molar-refractivity contribution is -0.145. The van der Waals surface area contributed by atoms with Gasteiger partial charge in [-0.3, -0.25) is 9.10 Å². The van der Waals surface area contributed by atoms with E-state index in [-0.39, 0.29) is 11.7 Å². The lowest BCUT2D eigenvalue weighted by Crippen LogP contribution is -2.48. The first kappa shape index (κ1) is 14.6. The molecule has 15 heavy (non-hydrogen) atoms. The summed E-state index contributed by atoms with van der Waals surface area (Å²) in [6.07, 6.45) is 0. The number of nitrogens with zero attached hydrogens (tertiary/aromatic N) is 1. The molecule has 88 valence electrons. The SMILES string of the molecule is CCSN(C(=O)C(C)N)[C@@H](CS)C(=O)O. The Morgan fingerprint density at radius 3 is 2.40 bits per heavy atom. The van der Waals surface area contributed by atoms with Crippen molar-refractivity contribution in [3.8, 4) is 0 Å². The highest BCUT2D eigenvalue weighted by Crippen LogP contribution is 2.17. The van der Waals surface area contributed by atoms with Crippen LogP contribution in [-0.4, -0.2) is 44.9 Å². The van der Waals surface area contributed by atoms with Crippen molar-refractivity contribution >= 4 is 36.5 Å². The Kier molecular flexibility index (Phi) is 6.78. The van der Waals surface area contributed by atoms with Crippen molar-refractivity contribution in [2.24, 2.45) is 5.73 Å². The summed E-state index contributed by atoms with van der Waals surface area (Å²) >= 11 is 5.07. The first-order valence-electron chi connectivity index (χ1n) is 4.50. The predicted molar refractivity (Wildman–Crippen MR) is 63.9 cm³/mol. The molecule has 0 aliphatic heterocycles. The Balaban J connectivity index is 4.76. The van der Waals surface area contributed by atoms with Gasteiger partial charge in [-0.1, -0.05) is 6.92 Å². The van der Waals surface area contributed by atoms with Crippen LogP contribution in [0.2, 0.25) is 0 Å². The minimum atomic E-state index is -1.07. The van der Waals surface area contributed by atoms with Crippen molar-refractivity contribution in [3.63, 3.8) is 0 Å². The minimum Gasteiger partial charge on any atom is -0.480 e. The highest BCUT2D eigenvalue weighted by Gasteiger charge is 2.30. The molecule has 0 aliphatic rings. The number of nitrogens with two attached hydrogens (primary N) is 1. The van der Waals surface area contributed by atoms with Crippen LogP contribution in [0.15, 0.2) is 0 Å². The van der Waals surface area contributed by atoms with Crippen molar-refractivity contribution in [3.05, 3.63) is 0 Å². The van der Waals surface area contributed by atoms with E-state index < -0.39 is 18.1 Å². The number of rotatable bonds is 6. The third kappa shape index (κ3) is 4.31. The van der Waals surface area contributed by atoms with Gasteiger partial charge in [0.1, 0.15) is 6.04 Å². The number of aliphatic carboxylic acids is 1. The number of thiol groups is 1. The summed E-state index contributed by atoms with van der Waals surface area (Å²) in [4.78, 5) is 22.5. The summed E-state index contributed by atoms with van der Waals surface area (Å²) in [5.41, 5.74) is 5.44.